The molecule has 0 N–H and O–H groups in total. The molecule has 0 aliphatic carbocycles. The minimum atomic E-state index is 0.0724. The fourth-order valence-corrected chi connectivity index (χ4v) is 2.85. The molecule has 0 aromatic carbocycles. The third-order valence-corrected chi connectivity index (χ3v) is 4.22. The molecule has 0 saturated carbocycles. The second-order valence-electron chi connectivity index (χ2n) is 4.72. The van der Waals surface area contributed by atoms with Crippen LogP contribution in [0.1, 0.15) is 28.2 Å². The maximum Gasteiger partial charge on any atom is 0.256 e. The van der Waals surface area contributed by atoms with Crippen molar-refractivity contribution in [2.24, 2.45) is 0 Å². The lowest BCUT2D eigenvalue weighted by Gasteiger charge is -2.31. The van der Waals surface area contributed by atoms with E-state index in [4.69, 9.17) is 4.52 Å². The Morgan fingerprint density at radius 1 is 1.50 bits per heavy atom. The van der Waals surface area contributed by atoms with E-state index in [0.717, 1.165) is 36.0 Å². The normalized spacial score (nSPS) is 14.2. The average Bonchev–Trinajstić information content (AvgIpc) is 2.80. The number of carbonyl (C=O) groups is 1. The topological polar surface area (TPSA) is 59.2 Å². The summed E-state index contributed by atoms with van der Waals surface area (Å²) in [7, 11) is 0. The van der Waals surface area contributed by atoms with E-state index in [1.165, 1.54) is 11.8 Å². The SMILES string of the molecule is Cc1cc(CSc2ncccc2C(=O)N2CCC2)no1. The summed E-state index contributed by atoms with van der Waals surface area (Å²) in [6.45, 7) is 3.56. The number of carbonyl (C=O) groups excluding carboxylic acids is 1. The van der Waals surface area contributed by atoms with Gasteiger partial charge in [-0.15, -0.1) is 0 Å². The van der Waals surface area contributed by atoms with Crippen LogP contribution in [0.4, 0.5) is 0 Å². The van der Waals surface area contributed by atoms with Crippen LogP contribution in [-0.2, 0) is 5.75 Å². The van der Waals surface area contributed by atoms with Crippen LogP contribution in [0.5, 0.6) is 0 Å². The fraction of sp³-hybridized carbons (Fsp3) is 0.357. The van der Waals surface area contributed by atoms with E-state index in [0.29, 0.717) is 11.3 Å². The Morgan fingerprint density at radius 3 is 3.00 bits per heavy atom. The van der Waals surface area contributed by atoms with Crippen molar-refractivity contribution in [3.63, 3.8) is 0 Å². The number of aryl methyl sites for hydroxylation is 1. The highest BCUT2D eigenvalue weighted by Gasteiger charge is 2.24. The molecule has 2 aromatic heterocycles. The van der Waals surface area contributed by atoms with Gasteiger partial charge in [-0.1, -0.05) is 16.9 Å². The maximum absolute atomic E-state index is 12.3. The number of thioether (sulfide) groups is 1. The molecule has 1 fully saturated rings. The van der Waals surface area contributed by atoms with E-state index in [2.05, 4.69) is 10.1 Å². The summed E-state index contributed by atoms with van der Waals surface area (Å²) < 4.78 is 5.04. The summed E-state index contributed by atoms with van der Waals surface area (Å²) >= 11 is 1.51. The van der Waals surface area contributed by atoms with Crippen molar-refractivity contribution >= 4 is 17.7 Å². The van der Waals surface area contributed by atoms with Gasteiger partial charge >= 0.3 is 0 Å². The number of likely N-dealkylation sites (tertiary alicyclic amines) is 1. The summed E-state index contributed by atoms with van der Waals surface area (Å²) in [6, 6.07) is 5.54. The van der Waals surface area contributed by atoms with Crippen LogP contribution < -0.4 is 0 Å². The van der Waals surface area contributed by atoms with Gasteiger partial charge in [0.1, 0.15) is 10.8 Å². The Bertz CT molecular complexity index is 622. The first-order chi connectivity index (χ1) is 9.74. The molecular weight excluding hydrogens is 274 g/mol. The third-order valence-electron chi connectivity index (χ3n) is 3.18. The van der Waals surface area contributed by atoms with Crippen molar-refractivity contribution in [2.45, 2.75) is 24.1 Å². The minimum absolute atomic E-state index is 0.0724. The molecule has 0 unspecified atom stereocenters. The van der Waals surface area contributed by atoms with Crippen LogP contribution in [0.25, 0.3) is 0 Å². The molecule has 1 saturated heterocycles. The second kappa shape index (κ2) is 5.66. The number of amides is 1. The number of pyridine rings is 1. The van der Waals surface area contributed by atoms with E-state index < -0.39 is 0 Å². The highest BCUT2D eigenvalue weighted by molar-refractivity contribution is 7.98. The van der Waals surface area contributed by atoms with Gasteiger partial charge in [-0.2, -0.15) is 0 Å². The summed E-state index contributed by atoms with van der Waals surface area (Å²) in [5, 5.41) is 4.70. The highest BCUT2D eigenvalue weighted by atomic mass is 32.2. The van der Waals surface area contributed by atoms with E-state index in [1.807, 2.05) is 24.0 Å². The molecule has 0 radical (unpaired) electrons. The standard InChI is InChI=1S/C14H15N3O2S/c1-10-8-11(16-19-10)9-20-13-12(4-2-5-15-13)14(18)17-6-3-7-17/h2,4-5,8H,3,6-7,9H2,1H3. The predicted octanol–water partition coefficient (Wildman–Crippen LogP) is 2.52. The lowest BCUT2D eigenvalue weighted by atomic mass is 10.1. The van der Waals surface area contributed by atoms with Crippen molar-refractivity contribution in [1.82, 2.24) is 15.0 Å². The number of hydrogen-bond donors (Lipinski definition) is 0. The van der Waals surface area contributed by atoms with Gasteiger partial charge in [0.15, 0.2) is 0 Å². The number of nitrogens with zero attached hydrogens (tertiary/aromatic N) is 3. The average molecular weight is 289 g/mol. The number of hydrogen-bond acceptors (Lipinski definition) is 5. The molecule has 0 spiro atoms. The molecule has 1 aliphatic heterocycles. The van der Waals surface area contributed by atoms with E-state index >= 15 is 0 Å². The highest BCUT2D eigenvalue weighted by Crippen LogP contribution is 2.26. The molecule has 1 amide bonds. The summed E-state index contributed by atoms with van der Waals surface area (Å²) in [6.07, 6.45) is 2.80. The Labute approximate surface area is 121 Å². The Balaban J connectivity index is 1.73. The monoisotopic (exact) mass is 289 g/mol. The molecule has 1 aliphatic rings. The predicted molar refractivity (Wildman–Crippen MR) is 75.6 cm³/mol. The molecule has 6 heteroatoms. The summed E-state index contributed by atoms with van der Waals surface area (Å²) in [5.74, 6) is 1.51. The van der Waals surface area contributed by atoms with Gasteiger partial charge in [0.25, 0.3) is 5.91 Å². The zero-order valence-corrected chi connectivity index (χ0v) is 12.0. The van der Waals surface area contributed by atoms with Gasteiger partial charge in [0, 0.05) is 31.1 Å². The lowest BCUT2D eigenvalue weighted by molar-refractivity contribution is 0.0647. The maximum atomic E-state index is 12.3. The first-order valence-electron chi connectivity index (χ1n) is 6.53. The van der Waals surface area contributed by atoms with Crippen molar-refractivity contribution in [3.05, 3.63) is 41.4 Å². The van der Waals surface area contributed by atoms with Crippen LogP contribution in [0.3, 0.4) is 0 Å². The van der Waals surface area contributed by atoms with Crippen LogP contribution in [0.2, 0.25) is 0 Å². The van der Waals surface area contributed by atoms with Crippen LogP contribution >= 0.6 is 11.8 Å². The van der Waals surface area contributed by atoms with Gasteiger partial charge in [-0.25, -0.2) is 4.98 Å². The Hall–Kier alpha value is -1.82. The minimum Gasteiger partial charge on any atom is -0.361 e. The first kappa shape index (κ1) is 13.2. The summed E-state index contributed by atoms with van der Waals surface area (Å²) in [5.41, 5.74) is 1.54. The largest absolute Gasteiger partial charge is 0.361 e. The van der Waals surface area contributed by atoms with Crippen molar-refractivity contribution in [1.29, 1.82) is 0 Å². The smallest absolute Gasteiger partial charge is 0.256 e. The molecule has 104 valence electrons. The Morgan fingerprint density at radius 2 is 2.35 bits per heavy atom. The zero-order valence-electron chi connectivity index (χ0n) is 11.2. The van der Waals surface area contributed by atoms with Crippen LogP contribution in [0, 0.1) is 6.92 Å². The quantitative estimate of drug-likeness (QED) is 0.809. The van der Waals surface area contributed by atoms with Crippen molar-refractivity contribution in [2.75, 3.05) is 13.1 Å². The third kappa shape index (κ3) is 2.70. The Kier molecular flexibility index (Phi) is 3.73. The molecular formula is C14H15N3O2S. The molecule has 5 nitrogen and oxygen atoms in total. The van der Waals surface area contributed by atoms with Crippen molar-refractivity contribution < 1.29 is 9.32 Å². The molecule has 3 rings (SSSR count). The summed E-state index contributed by atoms with van der Waals surface area (Å²) in [4.78, 5) is 18.5. The van der Waals surface area contributed by atoms with Crippen LogP contribution in [-0.4, -0.2) is 34.0 Å². The van der Waals surface area contributed by atoms with Gasteiger partial charge < -0.3 is 9.42 Å². The second-order valence-corrected chi connectivity index (χ2v) is 5.68. The fourth-order valence-electron chi connectivity index (χ4n) is 1.99. The first-order valence-corrected chi connectivity index (χ1v) is 7.52. The molecule has 2 aromatic rings. The van der Waals surface area contributed by atoms with E-state index in [9.17, 15) is 4.79 Å². The van der Waals surface area contributed by atoms with Gasteiger partial charge in [-0.05, 0) is 25.5 Å². The lowest BCUT2D eigenvalue weighted by Crippen LogP contribution is -2.42. The van der Waals surface area contributed by atoms with Crippen LogP contribution in [0.15, 0.2) is 33.9 Å². The van der Waals surface area contributed by atoms with Gasteiger partial charge in [0.2, 0.25) is 0 Å². The van der Waals surface area contributed by atoms with Crippen molar-refractivity contribution in [3.8, 4) is 0 Å². The molecule has 0 atom stereocenters. The zero-order chi connectivity index (χ0) is 13.9. The molecule has 20 heavy (non-hydrogen) atoms. The number of rotatable bonds is 4. The van der Waals surface area contributed by atoms with Gasteiger partial charge in [-0.3, -0.25) is 4.79 Å². The molecule has 3 heterocycles. The van der Waals surface area contributed by atoms with E-state index in [1.54, 1.807) is 12.3 Å². The molecule has 0 bridgehead atoms. The number of aromatic nitrogens is 2. The van der Waals surface area contributed by atoms with Gasteiger partial charge in [0.05, 0.1) is 11.3 Å². The van der Waals surface area contributed by atoms with E-state index in [-0.39, 0.29) is 5.91 Å².